The van der Waals surface area contributed by atoms with Gasteiger partial charge in [-0.25, -0.2) is 17.2 Å². The molecule has 1 fully saturated rings. The van der Waals surface area contributed by atoms with Crippen LogP contribution in [0.1, 0.15) is 37.7 Å². The fourth-order valence-electron chi connectivity index (χ4n) is 3.92. The van der Waals surface area contributed by atoms with Gasteiger partial charge in [0.25, 0.3) is 5.92 Å². The van der Waals surface area contributed by atoms with Crippen molar-refractivity contribution in [2.45, 2.75) is 42.9 Å². The van der Waals surface area contributed by atoms with Crippen LogP contribution >= 0.6 is 23.2 Å². The van der Waals surface area contributed by atoms with E-state index in [2.05, 4.69) is 5.32 Å². The van der Waals surface area contributed by atoms with E-state index < -0.39 is 52.8 Å². The molecule has 1 atom stereocenters. The average Bonchev–Trinajstić information content (AvgIpc) is 2.81. The topological polar surface area (TPSA) is 130 Å². The zero-order valence-corrected chi connectivity index (χ0v) is 21.6. The molecule has 1 aliphatic heterocycles. The Kier molecular flexibility index (Phi) is 8.37. The van der Waals surface area contributed by atoms with Crippen molar-refractivity contribution in [2.75, 3.05) is 34.8 Å². The lowest BCUT2D eigenvalue weighted by atomic mass is 9.94. The molecule has 4 N–H and O–H groups in total. The molecule has 13 heteroatoms. The molecule has 36 heavy (non-hydrogen) atoms. The first-order valence-electron chi connectivity index (χ1n) is 11.0. The molecule has 0 aromatic heterocycles. The summed E-state index contributed by atoms with van der Waals surface area (Å²) in [4.78, 5) is 26.3. The molecule has 1 saturated heterocycles. The smallest absolute Gasteiger partial charge is 0.304 e. The van der Waals surface area contributed by atoms with Gasteiger partial charge in [-0.3, -0.25) is 9.59 Å². The van der Waals surface area contributed by atoms with Crippen LogP contribution in [0.15, 0.2) is 35.2 Å². The molecule has 8 nitrogen and oxygen atoms in total. The summed E-state index contributed by atoms with van der Waals surface area (Å²) in [5.41, 5.74) is 6.51. The predicted octanol–water partition coefficient (Wildman–Crippen LogP) is 4.80. The molecule has 0 aliphatic carbocycles. The Bertz CT molecular complexity index is 1260. The molecule has 1 amide bonds. The number of halogens is 4. The lowest BCUT2D eigenvalue weighted by Crippen LogP contribution is -2.39. The van der Waals surface area contributed by atoms with Gasteiger partial charge in [0.05, 0.1) is 50.1 Å². The van der Waals surface area contributed by atoms with E-state index in [0.29, 0.717) is 0 Å². The molecule has 1 aliphatic rings. The van der Waals surface area contributed by atoms with Crippen molar-refractivity contribution in [3.63, 3.8) is 0 Å². The van der Waals surface area contributed by atoms with Crippen molar-refractivity contribution in [3.05, 3.63) is 45.9 Å². The van der Waals surface area contributed by atoms with E-state index in [-0.39, 0.29) is 56.4 Å². The molecule has 0 saturated carbocycles. The standard InChI is InChI=1S/C23H25Cl2F2N3O5S/c1-2-36(34,35)14-5-3-13(4-6-14)15(11-18(31)32)22(33)29-20-17(28)12-16(24)21(19(20)25)30-9-7-23(26,27)8-10-30/h3-6,12,15H,2,7-11,28H2,1H3,(H,29,33)(H,31,32). The van der Waals surface area contributed by atoms with Crippen LogP contribution in [-0.4, -0.2) is 50.2 Å². The Morgan fingerprint density at radius 3 is 2.31 bits per heavy atom. The molecule has 196 valence electrons. The van der Waals surface area contributed by atoms with Crippen LogP contribution in [0.4, 0.5) is 25.8 Å². The molecule has 0 spiro atoms. The Morgan fingerprint density at radius 2 is 1.78 bits per heavy atom. The number of anilines is 3. The number of aliphatic carboxylic acids is 1. The molecular weight excluding hydrogens is 539 g/mol. The number of hydrogen-bond acceptors (Lipinski definition) is 6. The monoisotopic (exact) mass is 563 g/mol. The zero-order valence-electron chi connectivity index (χ0n) is 19.2. The number of nitrogens with zero attached hydrogens (tertiary/aromatic N) is 1. The second-order valence-corrected chi connectivity index (χ2v) is 11.5. The number of amides is 1. The van der Waals surface area contributed by atoms with Gasteiger partial charge in [-0.2, -0.15) is 0 Å². The highest BCUT2D eigenvalue weighted by atomic mass is 35.5. The third-order valence-corrected chi connectivity index (χ3v) is 8.41. The molecule has 3 rings (SSSR count). The van der Waals surface area contributed by atoms with Gasteiger partial charge in [0.2, 0.25) is 5.91 Å². The van der Waals surface area contributed by atoms with E-state index in [1.807, 2.05) is 0 Å². The lowest BCUT2D eigenvalue weighted by Gasteiger charge is -2.35. The molecule has 0 radical (unpaired) electrons. The van der Waals surface area contributed by atoms with Gasteiger partial charge in [0.1, 0.15) is 0 Å². The summed E-state index contributed by atoms with van der Waals surface area (Å²) in [6, 6.07) is 6.71. The van der Waals surface area contributed by atoms with Crippen LogP contribution in [0.5, 0.6) is 0 Å². The number of carboxylic acids is 1. The Balaban J connectivity index is 1.93. The number of nitrogens with one attached hydrogen (secondary N) is 1. The second-order valence-electron chi connectivity index (χ2n) is 8.44. The summed E-state index contributed by atoms with van der Waals surface area (Å²) in [6.45, 7) is 1.46. The summed E-state index contributed by atoms with van der Waals surface area (Å²) in [6.07, 6.45) is -1.38. The van der Waals surface area contributed by atoms with Crippen molar-refractivity contribution in [1.82, 2.24) is 0 Å². The van der Waals surface area contributed by atoms with Gasteiger partial charge >= 0.3 is 5.97 Å². The molecule has 1 unspecified atom stereocenters. The Labute approximate surface area is 217 Å². The summed E-state index contributed by atoms with van der Waals surface area (Å²) < 4.78 is 51.4. The van der Waals surface area contributed by atoms with Gasteiger partial charge in [0.15, 0.2) is 9.84 Å². The van der Waals surface area contributed by atoms with E-state index in [1.54, 1.807) is 4.90 Å². The highest BCUT2D eigenvalue weighted by Gasteiger charge is 2.36. The van der Waals surface area contributed by atoms with E-state index >= 15 is 0 Å². The fraction of sp³-hybridized carbons (Fsp3) is 0.391. The number of nitrogen functional groups attached to an aromatic ring is 1. The molecule has 2 aromatic carbocycles. The molecular formula is C23H25Cl2F2N3O5S. The number of carbonyl (C=O) groups excluding carboxylic acids is 1. The number of sulfone groups is 1. The van der Waals surface area contributed by atoms with Crippen molar-refractivity contribution in [3.8, 4) is 0 Å². The summed E-state index contributed by atoms with van der Waals surface area (Å²) in [7, 11) is -3.49. The van der Waals surface area contributed by atoms with Gasteiger partial charge in [-0.15, -0.1) is 0 Å². The number of nitrogens with two attached hydrogens (primary N) is 1. The minimum Gasteiger partial charge on any atom is -0.481 e. The SMILES string of the molecule is CCS(=O)(=O)c1ccc(C(CC(=O)O)C(=O)Nc2c(N)cc(Cl)c(N3CCC(F)(F)CC3)c2Cl)cc1. The third kappa shape index (κ3) is 6.19. The summed E-state index contributed by atoms with van der Waals surface area (Å²) in [5.74, 6) is -6.13. The van der Waals surface area contributed by atoms with Crippen molar-refractivity contribution >= 4 is 62.0 Å². The quantitative estimate of drug-likeness (QED) is 0.393. The zero-order chi connectivity index (χ0) is 26.8. The number of carboxylic acid groups (broad SMARTS) is 1. The first-order chi connectivity index (χ1) is 16.8. The first kappa shape index (κ1) is 27.9. The molecule has 0 bridgehead atoms. The van der Waals surface area contributed by atoms with Crippen molar-refractivity contribution in [2.24, 2.45) is 0 Å². The Morgan fingerprint density at radius 1 is 1.19 bits per heavy atom. The van der Waals surface area contributed by atoms with Crippen molar-refractivity contribution in [1.29, 1.82) is 0 Å². The van der Waals surface area contributed by atoms with E-state index in [4.69, 9.17) is 28.9 Å². The first-order valence-corrected chi connectivity index (χ1v) is 13.4. The van der Waals surface area contributed by atoms with E-state index in [9.17, 15) is 31.9 Å². The van der Waals surface area contributed by atoms with Gasteiger partial charge in [0, 0.05) is 25.9 Å². The number of alkyl halides is 2. The maximum absolute atomic E-state index is 13.6. The van der Waals surface area contributed by atoms with Gasteiger partial charge < -0.3 is 21.1 Å². The average molecular weight is 564 g/mol. The van der Waals surface area contributed by atoms with E-state index in [0.717, 1.165) is 0 Å². The maximum Gasteiger partial charge on any atom is 0.304 e. The highest BCUT2D eigenvalue weighted by Crippen LogP contribution is 2.45. The molecule has 2 aromatic rings. The van der Waals surface area contributed by atoms with Crippen LogP contribution in [0, 0.1) is 0 Å². The Hall–Kier alpha value is -2.63. The van der Waals surface area contributed by atoms with Crippen LogP contribution in [0.2, 0.25) is 10.0 Å². The predicted molar refractivity (Wildman–Crippen MR) is 135 cm³/mol. The van der Waals surface area contributed by atoms with Crippen molar-refractivity contribution < 1.29 is 31.9 Å². The number of hydrogen-bond donors (Lipinski definition) is 3. The lowest BCUT2D eigenvalue weighted by molar-refractivity contribution is -0.139. The van der Waals surface area contributed by atoms with Crippen LogP contribution in [0.3, 0.4) is 0 Å². The fourth-order valence-corrected chi connectivity index (χ4v) is 5.56. The largest absolute Gasteiger partial charge is 0.481 e. The summed E-state index contributed by atoms with van der Waals surface area (Å²) >= 11 is 12.8. The minimum atomic E-state index is -3.49. The highest BCUT2D eigenvalue weighted by molar-refractivity contribution is 7.91. The second kappa shape index (κ2) is 10.8. The number of carbonyl (C=O) groups is 2. The van der Waals surface area contributed by atoms with Crippen LogP contribution < -0.4 is 16.0 Å². The van der Waals surface area contributed by atoms with Gasteiger partial charge in [-0.1, -0.05) is 42.3 Å². The van der Waals surface area contributed by atoms with Gasteiger partial charge in [-0.05, 0) is 23.8 Å². The minimum absolute atomic E-state index is 0.00269. The van der Waals surface area contributed by atoms with E-state index in [1.165, 1.54) is 37.3 Å². The summed E-state index contributed by atoms with van der Waals surface area (Å²) in [5, 5.41) is 12.0. The number of rotatable bonds is 8. The molecule has 1 heterocycles. The maximum atomic E-state index is 13.6. The number of piperidine rings is 1. The van der Waals surface area contributed by atoms with Crippen LogP contribution in [-0.2, 0) is 19.4 Å². The normalized spacial score (nSPS) is 16.4. The number of benzene rings is 2. The van der Waals surface area contributed by atoms with Crippen LogP contribution in [0.25, 0.3) is 0 Å². The third-order valence-electron chi connectivity index (χ3n) is 6.00.